The highest BCUT2D eigenvalue weighted by Gasteiger charge is 2.30. The van der Waals surface area contributed by atoms with Gasteiger partial charge in [-0.3, -0.25) is 4.79 Å². The van der Waals surface area contributed by atoms with Crippen LogP contribution in [-0.4, -0.2) is 67.1 Å². The molecule has 0 radical (unpaired) electrons. The van der Waals surface area contributed by atoms with Crippen molar-refractivity contribution in [3.8, 4) is 6.07 Å². The lowest BCUT2D eigenvalue weighted by Gasteiger charge is -2.37. The summed E-state index contributed by atoms with van der Waals surface area (Å²) in [5, 5.41) is 12.2. The van der Waals surface area contributed by atoms with Crippen molar-refractivity contribution in [3.63, 3.8) is 0 Å². The summed E-state index contributed by atoms with van der Waals surface area (Å²) in [4.78, 5) is 21.0. The largest absolute Gasteiger partial charge is 0.368 e. The van der Waals surface area contributed by atoms with E-state index >= 15 is 0 Å². The number of hydrogen-bond acceptors (Lipinski definition) is 4. The lowest BCUT2D eigenvalue weighted by Crippen LogP contribution is -2.55. The van der Waals surface area contributed by atoms with E-state index in [2.05, 4.69) is 15.2 Å². The molecule has 0 aromatic heterocycles. The molecule has 1 amide bonds. The number of carbonyl (C=O) groups excluding carboxylic acids is 1. The summed E-state index contributed by atoms with van der Waals surface area (Å²) in [7, 11) is 0. The summed E-state index contributed by atoms with van der Waals surface area (Å²) < 4.78 is 19.5. The van der Waals surface area contributed by atoms with Crippen molar-refractivity contribution in [2.45, 2.75) is 32.4 Å². The van der Waals surface area contributed by atoms with E-state index in [1.807, 2.05) is 17.9 Å². The predicted molar refractivity (Wildman–Crippen MR) is 118 cm³/mol. The van der Waals surface area contributed by atoms with Gasteiger partial charge in [-0.05, 0) is 38.0 Å². The van der Waals surface area contributed by atoms with Gasteiger partial charge in [0.15, 0.2) is 5.96 Å². The fourth-order valence-corrected chi connectivity index (χ4v) is 3.47. The monoisotopic (exact) mass is 515 g/mol. The van der Waals surface area contributed by atoms with E-state index in [1.54, 1.807) is 0 Å². The lowest BCUT2D eigenvalue weighted by molar-refractivity contribution is -0.142. The molecule has 0 aliphatic carbocycles. The van der Waals surface area contributed by atoms with Crippen molar-refractivity contribution in [1.29, 1.82) is 5.26 Å². The Morgan fingerprint density at radius 2 is 2.07 bits per heavy atom. The number of nitriles is 1. The van der Waals surface area contributed by atoms with Crippen LogP contribution in [0, 0.1) is 17.1 Å². The molecule has 2 aliphatic heterocycles. The second-order valence-electron chi connectivity index (χ2n) is 6.90. The molecule has 158 valence electrons. The fraction of sp³-hybridized carbons (Fsp3) is 0.550. The minimum atomic E-state index is -0.370. The number of aliphatic imine (C=N–C) groups is 1. The van der Waals surface area contributed by atoms with E-state index in [1.165, 1.54) is 18.2 Å². The second-order valence-corrected chi connectivity index (χ2v) is 6.90. The SMILES string of the molecule is CCNC(=NCc1cc(C#N)ccc1F)N1CCN(C(=O)C2CCCO2)CC1.I. The topological polar surface area (TPSA) is 81.0 Å². The number of amides is 1. The zero-order valence-electron chi connectivity index (χ0n) is 16.6. The summed E-state index contributed by atoms with van der Waals surface area (Å²) >= 11 is 0. The number of carbonyl (C=O) groups is 1. The first-order valence-corrected chi connectivity index (χ1v) is 9.74. The van der Waals surface area contributed by atoms with Crippen LogP contribution < -0.4 is 5.32 Å². The summed E-state index contributed by atoms with van der Waals surface area (Å²) in [6, 6.07) is 6.30. The van der Waals surface area contributed by atoms with Crippen molar-refractivity contribution in [1.82, 2.24) is 15.1 Å². The number of guanidine groups is 1. The van der Waals surface area contributed by atoms with Gasteiger partial charge in [0, 0.05) is 44.9 Å². The maximum Gasteiger partial charge on any atom is 0.251 e. The maximum atomic E-state index is 14.0. The van der Waals surface area contributed by atoms with E-state index < -0.39 is 0 Å². The van der Waals surface area contributed by atoms with Crippen LogP contribution in [-0.2, 0) is 16.1 Å². The van der Waals surface area contributed by atoms with E-state index in [9.17, 15) is 9.18 Å². The third kappa shape index (κ3) is 6.02. The fourth-order valence-electron chi connectivity index (χ4n) is 3.47. The van der Waals surface area contributed by atoms with Crippen LogP contribution in [0.2, 0.25) is 0 Å². The number of piperazine rings is 1. The number of halogens is 2. The van der Waals surface area contributed by atoms with E-state index in [4.69, 9.17) is 10.00 Å². The molecule has 1 aromatic rings. The quantitative estimate of drug-likeness (QED) is 0.378. The summed E-state index contributed by atoms with van der Waals surface area (Å²) in [6.07, 6.45) is 1.46. The number of benzene rings is 1. The van der Waals surface area contributed by atoms with Gasteiger partial charge in [0.2, 0.25) is 0 Å². The molecule has 29 heavy (non-hydrogen) atoms. The van der Waals surface area contributed by atoms with Crippen LogP contribution in [0.1, 0.15) is 30.9 Å². The van der Waals surface area contributed by atoms with Gasteiger partial charge in [-0.25, -0.2) is 9.38 Å². The molecule has 1 N–H and O–H groups in total. The van der Waals surface area contributed by atoms with Crippen LogP contribution in [0.5, 0.6) is 0 Å². The first-order valence-electron chi connectivity index (χ1n) is 9.74. The zero-order valence-corrected chi connectivity index (χ0v) is 18.9. The average Bonchev–Trinajstić information content (AvgIpc) is 3.26. The maximum absolute atomic E-state index is 14.0. The Hall–Kier alpha value is -1.93. The van der Waals surface area contributed by atoms with Crippen molar-refractivity contribution in [2.75, 3.05) is 39.3 Å². The molecule has 2 heterocycles. The van der Waals surface area contributed by atoms with Gasteiger partial charge >= 0.3 is 0 Å². The molecule has 2 fully saturated rings. The summed E-state index contributed by atoms with van der Waals surface area (Å²) in [5.41, 5.74) is 0.805. The lowest BCUT2D eigenvalue weighted by atomic mass is 10.1. The Morgan fingerprint density at radius 1 is 1.34 bits per heavy atom. The van der Waals surface area contributed by atoms with E-state index in [0.29, 0.717) is 56.4 Å². The number of nitrogens with zero attached hydrogens (tertiary/aromatic N) is 4. The Bertz CT molecular complexity index is 769. The Morgan fingerprint density at radius 3 is 2.69 bits per heavy atom. The minimum Gasteiger partial charge on any atom is -0.368 e. The molecular weight excluding hydrogens is 488 g/mol. The molecule has 0 bridgehead atoms. The van der Waals surface area contributed by atoms with Gasteiger partial charge in [0.25, 0.3) is 5.91 Å². The van der Waals surface area contributed by atoms with Crippen LogP contribution >= 0.6 is 24.0 Å². The molecule has 3 rings (SSSR count). The molecule has 7 nitrogen and oxygen atoms in total. The van der Waals surface area contributed by atoms with Gasteiger partial charge in [-0.15, -0.1) is 24.0 Å². The normalized spacial score (nSPS) is 19.5. The van der Waals surface area contributed by atoms with Gasteiger partial charge in [-0.1, -0.05) is 0 Å². The number of nitrogens with one attached hydrogen (secondary N) is 1. The van der Waals surface area contributed by atoms with Crippen LogP contribution in [0.3, 0.4) is 0 Å². The third-order valence-corrected chi connectivity index (χ3v) is 5.00. The highest BCUT2D eigenvalue weighted by Crippen LogP contribution is 2.16. The van der Waals surface area contributed by atoms with Gasteiger partial charge in [0.1, 0.15) is 11.9 Å². The molecule has 9 heteroatoms. The molecule has 1 aromatic carbocycles. The minimum absolute atomic E-state index is 0. The zero-order chi connectivity index (χ0) is 19.9. The Balaban J connectivity index is 0.00000300. The summed E-state index contributed by atoms with van der Waals surface area (Å²) in [5.74, 6) is 0.397. The van der Waals surface area contributed by atoms with Crippen LogP contribution in [0.15, 0.2) is 23.2 Å². The van der Waals surface area contributed by atoms with Crippen molar-refractivity contribution < 1.29 is 13.9 Å². The van der Waals surface area contributed by atoms with E-state index in [-0.39, 0.29) is 48.3 Å². The predicted octanol–water partition coefficient (Wildman–Crippen LogP) is 2.10. The second kappa shape index (κ2) is 11.3. The Labute approximate surface area is 187 Å². The number of ether oxygens (including phenoxy) is 1. The van der Waals surface area contributed by atoms with Crippen LogP contribution in [0.4, 0.5) is 4.39 Å². The summed E-state index contributed by atoms with van der Waals surface area (Å²) in [6.45, 7) is 6.02. The third-order valence-electron chi connectivity index (χ3n) is 5.00. The van der Waals surface area contributed by atoms with Crippen LogP contribution in [0.25, 0.3) is 0 Å². The molecule has 2 saturated heterocycles. The highest BCUT2D eigenvalue weighted by molar-refractivity contribution is 14.0. The molecule has 1 unspecified atom stereocenters. The molecule has 0 spiro atoms. The van der Waals surface area contributed by atoms with Crippen molar-refractivity contribution >= 4 is 35.8 Å². The highest BCUT2D eigenvalue weighted by atomic mass is 127. The molecule has 2 aliphatic rings. The number of hydrogen-bond donors (Lipinski definition) is 1. The molecule has 0 saturated carbocycles. The van der Waals surface area contributed by atoms with Gasteiger partial charge < -0.3 is 19.9 Å². The smallest absolute Gasteiger partial charge is 0.251 e. The average molecular weight is 515 g/mol. The Kier molecular flexibility index (Phi) is 9.10. The molecule has 1 atom stereocenters. The first kappa shape index (κ1) is 23.3. The van der Waals surface area contributed by atoms with Crippen molar-refractivity contribution in [3.05, 3.63) is 35.1 Å². The first-order chi connectivity index (χ1) is 13.6. The van der Waals surface area contributed by atoms with Gasteiger partial charge in [0.05, 0.1) is 18.2 Å². The van der Waals surface area contributed by atoms with E-state index in [0.717, 1.165) is 12.8 Å². The number of rotatable bonds is 4. The molecular formula is C20H27FIN5O2. The van der Waals surface area contributed by atoms with Crippen molar-refractivity contribution in [2.24, 2.45) is 4.99 Å². The van der Waals surface area contributed by atoms with Gasteiger partial charge in [-0.2, -0.15) is 5.26 Å². The standard InChI is InChI=1S/C20H26FN5O2.HI/c1-2-23-20(24-14-16-12-15(13-22)5-6-17(16)21)26-9-7-25(8-10-26)19(27)18-4-3-11-28-18;/h5-6,12,18H,2-4,7-11,14H2,1H3,(H,23,24);1H.